The maximum atomic E-state index is 5.17. The monoisotopic (exact) mass is 177 g/mol. The molecule has 13 heavy (non-hydrogen) atoms. The minimum absolute atomic E-state index is 0.748. The fraction of sp³-hybridized carbons (Fsp3) is 0.200. The third-order valence-electron chi connectivity index (χ3n) is 1.79. The van der Waals surface area contributed by atoms with Gasteiger partial charge in [0, 0.05) is 12.1 Å². The molecule has 0 aliphatic heterocycles. The summed E-state index contributed by atoms with van der Waals surface area (Å²) in [6.07, 6.45) is 5.08. The molecule has 68 valence electrons. The molecule has 3 nitrogen and oxygen atoms in total. The Balaban J connectivity index is 1.76. The summed E-state index contributed by atoms with van der Waals surface area (Å²) in [7, 11) is 0. The summed E-state index contributed by atoms with van der Waals surface area (Å²) >= 11 is 0. The molecular formula is C10H11NO2. The van der Waals surface area contributed by atoms with E-state index in [2.05, 4.69) is 5.32 Å². The molecule has 2 rings (SSSR count). The lowest BCUT2D eigenvalue weighted by Crippen LogP contribution is -2.11. The molecule has 0 amide bonds. The predicted octanol–water partition coefficient (Wildman–Crippen LogP) is 2.16. The minimum Gasteiger partial charge on any atom is -0.472 e. The van der Waals surface area contributed by atoms with Gasteiger partial charge in [0.15, 0.2) is 0 Å². The summed E-state index contributed by atoms with van der Waals surface area (Å²) in [5.41, 5.74) is 1.14. The zero-order valence-corrected chi connectivity index (χ0v) is 7.19. The van der Waals surface area contributed by atoms with Crippen LogP contribution in [0.2, 0.25) is 0 Å². The van der Waals surface area contributed by atoms with Crippen LogP contribution in [-0.2, 0) is 13.1 Å². The van der Waals surface area contributed by atoms with Gasteiger partial charge in [0.05, 0.1) is 25.3 Å². The lowest BCUT2D eigenvalue weighted by molar-refractivity contribution is 0.482. The third kappa shape index (κ3) is 2.23. The molecule has 0 spiro atoms. The Morgan fingerprint density at radius 1 is 1.15 bits per heavy atom. The van der Waals surface area contributed by atoms with E-state index in [9.17, 15) is 0 Å². The summed E-state index contributed by atoms with van der Waals surface area (Å²) in [5.74, 6) is 0.948. The summed E-state index contributed by atoms with van der Waals surface area (Å²) in [5, 5.41) is 3.24. The third-order valence-corrected chi connectivity index (χ3v) is 1.79. The van der Waals surface area contributed by atoms with Crippen LogP contribution >= 0.6 is 0 Å². The molecular weight excluding hydrogens is 166 g/mol. The lowest BCUT2D eigenvalue weighted by atomic mass is 10.3. The van der Waals surface area contributed by atoms with Crippen molar-refractivity contribution in [1.29, 1.82) is 0 Å². The Morgan fingerprint density at radius 2 is 2.15 bits per heavy atom. The van der Waals surface area contributed by atoms with Crippen molar-refractivity contribution in [2.24, 2.45) is 0 Å². The van der Waals surface area contributed by atoms with Crippen molar-refractivity contribution in [3.05, 3.63) is 48.3 Å². The zero-order valence-electron chi connectivity index (χ0n) is 7.19. The fourth-order valence-corrected chi connectivity index (χ4v) is 1.14. The molecule has 0 unspecified atom stereocenters. The zero-order chi connectivity index (χ0) is 8.93. The van der Waals surface area contributed by atoms with E-state index in [1.165, 1.54) is 0 Å². The largest absolute Gasteiger partial charge is 0.472 e. The van der Waals surface area contributed by atoms with Gasteiger partial charge in [-0.1, -0.05) is 0 Å². The van der Waals surface area contributed by atoms with Gasteiger partial charge < -0.3 is 14.2 Å². The quantitative estimate of drug-likeness (QED) is 0.777. The average molecular weight is 177 g/mol. The van der Waals surface area contributed by atoms with Crippen molar-refractivity contribution in [2.75, 3.05) is 0 Å². The second kappa shape index (κ2) is 3.96. The molecule has 0 radical (unpaired) electrons. The average Bonchev–Trinajstić information content (AvgIpc) is 2.75. The Morgan fingerprint density at radius 3 is 2.85 bits per heavy atom. The first-order chi connectivity index (χ1) is 6.45. The van der Waals surface area contributed by atoms with Crippen molar-refractivity contribution in [2.45, 2.75) is 13.1 Å². The van der Waals surface area contributed by atoms with E-state index in [1.54, 1.807) is 18.8 Å². The molecule has 2 aromatic heterocycles. The highest BCUT2D eigenvalue weighted by Crippen LogP contribution is 2.01. The first-order valence-corrected chi connectivity index (χ1v) is 4.19. The Labute approximate surface area is 76.4 Å². The van der Waals surface area contributed by atoms with Gasteiger partial charge in [0.2, 0.25) is 0 Å². The van der Waals surface area contributed by atoms with Crippen LogP contribution in [0, 0.1) is 0 Å². The lowest BCUT2D eigenvalue weighted by Gasteiger charge is -1.98. The maximum absolute atomic E-state index is 5.17. The highest BCUT2D eigenvalue weighted by Gasteiger charge is 1.96. The van der Waals surface area contributed by atoms with Gasteiger partial charge in [0.1, 0.15) is 5.76 Å². The van der Waals surface area contributed by atoms with E-state index >= 15 is 0 Å². The van der Waals surface area contributed by atoms with Crippen LogP contribution in [0.4, 0.5) is 0 Å². The SMILES string of the molecule is c1coc(CNCc2ccoc2)c1. The highest BCUT2D eigenvalue weighted by molar-refractivity contribution is 5.05. The summed E-state index contributed by atoms with van der Waals surface area (Å²) in [4.78, 5) is 0. The Kier molecular flexibility index (Phi) is 2.48. The van der Waals surface area contributed by atoms with E-state index in [4.69, 9.17) is 8.83 Å². The first kappa shape index (κ1) is 8.13. The van der Waals surface area contributed by atoms with E-state index in [-0.39, 0.29) is 0 Å². The van der Waals surface area contributed by atoms with Gasteiger partial charge in [0.25, 0.3) is 0 Å². The van der Waals surface area contributed by atoms with E-state index in [1.807, 2.05) is 18.2 Å². The van der Waals surface area contributed by atoms with Crippen molar-refractivity contribution in [3.63, 3.8) is 0 Å². The van der Waals surface area contributed by atoms with Crippen LogP contribution < -0.4 is 5.32 Å². The van der Waals surface area contributed by atoms with E-state index < -0.39 is 0 Å². The highest BCUT2D eigenvalue weighted by atomic mass is 16.3. The summed E-state index contributed by atoms with van der Waals surface area (Å²) < 4.78 is 10.1. The van der Waals surface area contributed by atoms with E-state index in [0.29, 0.717) is 0 Å². The molecule has 2 aromatic rings. The molecule has 0 saturated carbocycles. The predicted molar refractivity (Wildman–Crippen MR) is 48.0 cm³/mol. The first-order valence-electron chi connectivity index (χ1n) is 4.19. The van der Waals surface area contributed by atoms with Crippen molar-refractivity contribution >= 4 is 0 Å². The van der Waals surface area contributed by atoms with Crippen LogP contribution in [0.25, 0.3) is 0 Å². The van der Waals surface area contributed by atoms with Gasteiger partial charge in [-0.3, -0.25) is 0 Å². The number of nitrogens with one attached hydrogen (secondary N) is 1. The van der Waals surface area contributed by atoms with Crippen LogP contribution in [0.5, 0.6) is 0 Å². The summed E-state index contributed by atoms with van der Waals surface area (Å²) in [6.45, 7) is 1.55. The van der Waals surface area contributed by atoms with Crippen molar-refractivity contribution < 1.29 is 8.83 Å². The maximum Gasteiger partial charge on any atom is 0.117 e. The molecule has 0 aliphatic carbocycles. The number of hydrogen-bond donors (Lipinski definition) is 1. The van der Waals surface area contributed by atoms with Gasteiger partial charge >= 0.3 is 0 Å². The molecule has 0 bridgehead atoms. The standard InChI is InChI=1S/C10H11NO2/c1-2-10(13-4-1)7-11-6-9-3-5-12-8-9/h1-5,8,11H,6-7H2. The topological polar surface area (TPSA) is 38.3 Å². The molecule has 0 aromatic carbocycles. The van der Waals surface area contributed by atoms with Crippen LogP contribution in [-0.4, -0.2) is 0 Å². The smallest absolute Gasteiger partial charge is 0.117 e. The molecule has 0 saturated heterocycles. The van der Waals surface area contributed by atoms with Crippen LogP contribution in [0.15, 0.2) is 45.8 Å². The van der Waals surface area contributed by atoms with Crippen LogP contribution in [0.3, 0.4) is 0 Å². The Hall–Kier alpha value is -1.48. The van der Waals surface area contributed by atoms with Crippen LogP contribution in [0.1, 0.15) is 11.3 Å². The van der Waals surface area contributed by atoms with Gasteiger partial charge in [-0.15, -0.1) is 0 Å². The van der Waals surface area contributed by atoms with Crippen molar-refractivity contribution in [3.8, 4) is 0 Å². The fourth-order valence-electron chi connectivity index (χ4n) is 1.14. The number of furan rings is 2. The second-order valence-electron chi connectivity index (χ2n) is 2.81. The van der Waals surface area contributed by atoms with E-state index in [0.717, 1.165) is 24.4 Å². The number of rotatable bonds is 4. The molecule has 1 N–H and O–H groups in total. The van der Waals surface area contributed by atoms with Gasteiger partial charge in [-0.2, -0.15) is 0 Å². The molecule has 2 heterocycles. The Bertz CT molecular complexity index is 289. The summed E-state index contributed by atoms with van der Waals surface area (Å²) in [6, 6.07) is 5.77. The van der Waals surface area contributed by atoms with Gasteiger partial charge in [-0.25, -0.2) is 0 Å². The van der Waals surface area contributed by atoms with Crippen molar-refractivity contribution in [1.82, 2.24) is 5.32 Å². The molecule has 0 fully saturated rings. The second-order valence-corrected chi connectivity index (χ2v) is 2.81. The normalized spacial score (nSPS) is 10.5. The minimum atomic E-state index is 0.748. The molecule has 0 aliphatic rings. The van der Waals surface area contributed by atoms with Gasteiger partial charge in [-0.05, 0) is 18.2 Å². The number of hydrogen-bond acceptors (Lipinski definition) is 3. The molecule has 3 heteroatoms. The molecule has 0 atom stereocenters.